The van der Waals surface area contributed by atoms with Crippen LogP contribution in [0.5, 0.6) is 5.75 Å². The maximum absolute atomic E-state index is 13.0. The van der Waals surface area contributed by atoms with Crippen LogP contribution in [0.1, 0.15) is 46.9 Å². The van der Waals surface area contributed by atoms with Crippen LogP contribution in [-0.2, 0) is 6.61 Å². The molecule has 1 fully saturated rings. The molecule has 38 heavy (non-hydrogen) atoms. The van der Waals surface area contributed by atoms with E-state index < -0.39 is 0 Å². The molecule has 1 saturated heterocycles. The quantitative estimate of drug-likeness (QED) is 0.239. The van der Waals surface area contributed by atoms with Gasteiger partial charge in [0.2, 0.25) is 0 Å². The zero-order valence-corrected chi connectivity index (χ0v) is 22.4. The number of rotatable bonds is 9. The average Bonchev–Trinajstić information content (AvgIpc) is 3.45. The molecular formula is C30H29Cl2N3O3. The second kappa shape index (κ2) is 12.5. The zero-order valence-electron chi connectivity index (χ0n) is 20.9. The maximum atomic E-state index is 13.0. The highest BCUT2D eigenvalue weighted by atomic mass is 35.5. The Morgan fingerprint density at radius 1 is 0.974 bits per heavy atom. The molecular weight excluding hydrogens is 521 g/mol. The minimum absolute atomic E-state index is 0.0706. The van der Waals surface area contributed by atoms with Crippen LogP contribution in [0.25, 0.3) is 11.3 Å². The largest absolute Gasteiger partial charge is 0.489 e. The van der Waals surface area contributed by atoms with E-state index in [2.05, 4.69) is 15.4 Å². The number of hydrogen-bond donors (Lipinski definition) is 1. The molecule has 1 amide bonds. The smallest absolute Gasteiger partial charge is 0.273 e. The summed E-state index contributed by atoms with van der Waals surface area (Å²) in [5.41, 5.74) is 3.10. The van der Waals surface area contributed by atoms with Crippen LogP contribution in [0.2, 0.25) is 10.0 Å². The minimum Gasteiger partial charge on any atom is -0.489 e. The van der Waals surface area contributed by atoms with E-state index in [1.165, 1.54) is 6.42 Å². The van der Waals surface area contributed by atoms with Gasteiger partial charge >= 0.3 is 0 Å². The molecule has 1 N–H and O–H groups in total. The molecule has 6 nitrogen and oxygen atoms in total. The number of amides is 1. The summed E-state index contributed by atoms with van der Waals surface area (Å²) in [5, 5.41) is 8.44. The van der Waals surface area contributed by atoms with E-state index in [0.717, 1.165) is 42.6 Å². The van der Waals surface area contributed by atoms with Gasteiger partial charge in [0.05, 0.1) is 6.04 Å². The van der Waals surface area contributed by atoms with Crippen LogP contribution in [-0.4, -0.2) is 35.6 Å². The van der Waals surface area contributed by atoms with Crippen molar-refractivity contribution >= 4 is 29.1 Å². The number of likely N-dealkylation sites (tertiary alicyclic amines) is 1. The number of piperidine rings is 1. The Hall–Kier alpha value is -3.32. The van der Waals surface area contributed by atoms with Gasteiger partial charge in [-0.2, -0.15) is 0 Å². The van der Waals surface area contributed by atoms with Gasteiger partial charge in [-0.3, -0.25) is 9.69 Å². The van der Waals surface area contributed by atoms with Crippen molar-refractivity contribution in [1.82, 2.24) is 15.4 Å². The lowest BCUT2D eigenvalue weighted by molar-refractivity contribution is 0.0915. The van der Waals surface area contributed by atoms with Gasteiger partial charge < -0.3 is 14.6 Å². The molecule has 0 spiro atoms. The molecule has 4 aromatic rings. The number of carbonyl (C=O) groups excluding carboxylic acids is 1. The highest BCUT2D eigenvalue weighted by Crippen LogP contribution is 2.27. The first-order valence-electron chi connectivity index (χ1n) is 12.8. The fourth-order valence-electron chi connectivity index (χ4n) is 4.66. The lowest BCUT2D eigenvalue weighted by Gasteiger charge is -2.35. The summed E-state index contributed by atoms with van der Waals surface area (Å²) < 4.78 is 11.3. The molecule has 196 valence electrons. The fraction of sp³-hybridized carbons (Fsp3) is 0.267. The molecule has 3 aromatic carbocycles. The van der Waals surface area contributed by atoms with Crippen molar-refractivity contribution in [2.75, 3.05) is 19.6 Å². The van der Waals surface area contributed by atoms with Crippen LogP contribution in [0.3, 0.4) is 0 Å². The van der Waals surface area contributed by atoms with E-state index in [4.69, 9.17) is 32.5 Å². The summed E-state index contributed by atoms with van der Waals surface area (Å²) in [6.45, 7) is 2.87. The molecule has 1 aliphatic heterocycles. The van der Waals surface area contributed by atoms with Gasteiger partial charge in [-0.15, -0.1) is 0 Å². The van der Waals surface area contributed by atoms with Gasteiger partial charge in [-0.05, 0) is 74.0 Å². The van der Waals surface area contributed by atoms with Crippen molar-refractivity contribution in [2.45, 2.75) is 31.9 Å². The predicted molar refractivity (Wildman–Crippen MR) is 150 cm³/mol. The van der Waals surface area contributed by atoms with Gasteiger partial charge in [0, 0.05) is 33.8 Å². The summed E-state index contributed by atoms with van der Waals surface area (Å²) in [5.74, 6) is 0.950. The van der Waals surface area contributed by atoms with E-state index in [9.17, 15) is 4.79 Å². The number of nitrogens with one attached hydrogen (secondary N) is 1. The van der Waals surface area contributed by atoms with Gasteiger partial charge in [-0.1, -0.05) is 65.1 Å². The third kappa shape index (κ3) is 6.57. The van der Waals surface area contributed by atoms with Crippen molar-refractivity contribution in [1.29, 1.82) is 0 Å². The average molecular weight is 550 g/mol. The van der Waals surface area contributed by atoms with E-state index >= 15 is 0 Å². The van der Waals surface area contributed by atoms with Crippen LogP contribution >= 0.6 is 23.2 Å². The Bertz CT molecular complexity index is 1350. The number of hydrogen-bond acceptors (Lipinski definition) is 5. The summed E-state index contributed by atoms with van der Waals surface area (Å²) in [4.78, 5) is 15.4. The summed E-state index contributed by atoms with van der Waals surface area (Å²) >= 11 is 12.3. The van der Waals surface area contributed by atoms with Crippen LogP contribution in [0, 0.1) is 0 Å². The number of carbonyl (C=O) groups is 1. The third-order valence-electron chi connectivity index (χ3n) is 6.78. The fourth-order valence-corrected chi connectivity index (χ4v) is 4.98. The highest BCUT2D eigenvalue weighted by molar-refractivity contribution is 6.31. The standard InChI is InChI=1S/C30H29Cl2N3O3/c31-24-12-8-21(9-13-24)28(35-16-4-1-5-17-35)19-33-30(36)27-18-29(38-34-27)22-10-14-25(15-11-22)37-20-23-6-2-3-7-26(23)32/h2-3,6-15,18,28H,1,4-5,16-17,19-20H2,(H,33,36). The molecule has 1 aromatic heterocycles. The molecule has 0 bridgehead atoms. The Kier molecular flexibility index (Phi) is 8.64. The van der Waals surface area contributed by atoms with Gasteiger partial charge in [-0.25, -0.2) is 0 Å². The van der Waals surface area contributed by atoms with E-state index in [1.807, 2.05) is 72.8 Å². The summed E-state index contributed by atoms with van der Waals surface area (Å²) in [7, 11) is 0. The molecule has 1 unspecified atom stereocenters. The zero-order chi connectivity index (χ0) is 26.3. The first-order valence-corrected chi connectivity index (χ1v) is 13.5. The number of benzene rings is 3. The van der Waals surface area contributed by atoms with E-state index in [0.29, 0.717) is 34.7 Å². The number of halogens is 2. The summed E-state index contributed by atoms with van der Waals surface area (Å²) in [6, 6.07) is 24.6. The minimum atomic E-state index is -0.268. The van der Waals surface area contributed by atoms with Crippen molar-refractivity contribution in [3.8, 4) is 17.1 Å². The Morgan fingerprint density at radius 2 is 1.71 bits per heavy atom. The molecule has 0 aliphatic carbocycles. The lowest BCUT2D eigenvalue weighted by Crippen LogP contribution is -2.40. The van der Waals surface area contributed by atoms with Crippen LogP contribution in [0.15, 0.2) is 83.4 Å². The first-order chi connectivity index (χ1) is 18.6. The number of ether oxygens (including phenoxy) is 1. The Balaban J connectivity index is 1.20. The van der Waals surface area contributed by atoms with Gasteiger partial charge in [0.25, 0.3) is 5.91 Å². The van der Waals surface area contributed by atoms with Gasteiger partial charge in [0.1, 0.15) is 12.4 Å². The van der Waals surface area contributed by atoms with Crippen molar-refractivity contribution in [3.63, 3.8) is 0 Å². The first kappa shape index (κ1) is 26.3. The monoisotopic (exact) mass is 549 g/mol. The molecule has 1 aliphatic rings. The van der Waals surface area contributed by atoms with Crippen LogP contribution < -0.4 is 10.1 Å². The van der Waals surface area contributed by atoms with E-state index in [-0.39, 0.29) is 17.6 Å². The molecule has 0 radical (unpaired) electrons. The van der Waals surface area contributed by atoms with Crippen LogP contribution in [0.4, 0.5) is 0 Å². The molecule has 1 atom stereocenters. The molecule has 8 heteroatoms. The molecule has 5 rings (SSSR count). The highest BCUT2D eigenvalue weighted by Gasteiger charge is 2.24. The topological polar surface area (TPSA) is 67.6 Å². The SMILES string of the molecule is O=C(NCC(c1ccc(Cl)cc1)N1CCCCC1)c1cc(-c2ccc(OCc3ccccc3Cl)cc2)on1. The van der Waals surface area contributed by atoms with Crippen molar-refractivity contribution < 1.29 is 14.1 Å². The molecule has 0 saturated carbocycles. The maximum Gasteiger partial charge on any atom is 0.273 e. The van der Waals surface area contributed by atoms with Crippen molar-refractivity contribution in [3.05, 3.63) is 106 Å². The number of aromatic nitrogens is 1. The lowest BCUT2D eigenvalue weighted by atomic mass is 10.0. The normalized spacial score (nSPS) is 14.7. The second-order valence-corrected chi connectivity index (χ2v) is 10.2. The Morgan fingerprint density at radius 3 is 2.45 bits per heavy atom. The summed E-state index contributed by atoms with van der Waals surface area (Å²) in [6.07, 6.45) is 3.56. The van der Waals surface area contributed by atoms with Crippen molar-refractivity contribution in [2.24, 2.45) is 0 Å². The number of nitrogens with zero attached hydrogens (tertiary/aromatic N) is 2. The van der Waals surface area contributed by atoms with Gasteiger partial charge in [0.15, 0.2) is 11.5 Å². The second-order valence-electron chi connectivity index (χ2n) is 9.35. The molecule has 2 heterocycles. The Labute approximate surface area is 232 Å². The van der Waals surface area contributed by atoms with E-state index in [1.54, 1.807) is 6.07 Å². The third-order valence-corrected chi connectivity index (χ3v) is 7.40. The predicted octanol–water partition coefficient (Wildman–Crippen LogP) is 7.18.